The molecular formula is C33H26N2. The van der Waals surface area contributed by atoms with E-state index in [9.17, 15) is 0 Å². The minimum absolute atomic E-state index is 0.139. The molecule has 0 aliphatic heterocycles. The van der Waals surface area contributed by atoms with Crippen molar-refractivity contribution in [3.05, 3.63) is 126 Å². The zero-order chi connectivity index (χ0) is 23.6. The number of fused-ring (bicyclic) bond motifs is 7. The van der Waals surface area contributed by atoms with Crippen LogP contribution >= 0.6 is 0 Å². The molecule has 7 rings (SSSR count). The van der Waals surface area contributed by atoms with Crippen molar-refractivity contribution in [2.45, 2.75) is 19.3 Å². The minimum atomic E-state index is -0.139. The smallest absolute Gasteiger partial charge is 0.0588 e. The van der Waals surface area contributed by atoms with E-state index in [2.05, 4.69) is 133 Å². The fourth-order valence-corrected chi connectivity index (χ4v) is 5.96. The maximum Gasteiger partial charge on any atom is 0.0588 e. The molecular weight excluding hydrogens is 424 g/mol. The molecule has 0 atom stereocenters. The number of hydrogen-bond acceptors (Lipinski definition) is 1. The van der Waals surface area contributed by atoms with E-state index in [0.717, 1.165) is 11.4 Å². The second-order valence-electron chi connectivity index (χ2n) is 9.95. The van der Waals surface area contributed by atoms with E-state index >= 15 is 0 Å². The van der Waals surface area contributed by atoms with Gasteiger partial charge in [0.2, 0.25) is 0 Å². The molecule has 1 aliphatic rings. The monoisotopic (exact) mass is 450 g/mol. The van der Waals surface area contributed by atoms with Crippen LogP contribution in [0.5, 0.6) is 0 Å². The van der Waals surface area contributed by atoms with E-state index < -0.39 is 0 Å². The van der Waals surface area contributed by atoms with Crippen molar-refractivity contribution in [2.24, 2.45) is 0 Å². The quantitative estimate of drug-likeness (QED) is 0.285. The zero-order valence-electron chi connectivity index (χ0n) is 19.9. The molecule has 0 saturated carbocycles. The third-order valence-corrected chi connectivity index (χ3v) is 7.52. The zero-order valence-corrected chi connectivity index (χ0v) is 19.9. The summed E-state index contributed by atoms with van der Waals surface area (Å²) in [6.07, 6.45) is 0. The molecule has 0 radical (unpaired) electrons. The molecule has 0 unspecified atom stereocenters. The van der Waals surface area contributed by atoms with Crippen LogP contribution in [0.3, 0.4) is 0 Å². The van der Waals surface area contributed by atoms with E-state index in [1.165, 1.54) is 49.7 Å². The fourth-order valence-electron chi connectivity index (χ4n) is 5.96. The lowest BCUT2D eigenvalue weighted by molar-refractivity contribution is 0.664. The van der Waals surface area contributed by atoms with Gasteiger partial charge in [0.1, 0.15) is 0 Å². The number of rotatable bonds is 3. The van der Waals surface area contributed by atoms with Crippen molar-refractivity contribution in [3.63, 3.8) is 0 Å². The Bertz CT molecular complexity index is 1720. The second-order valence-corrected chi connectivity index (χ2v) is 9.95. The Morgan fingerprint density at radius 2 is 1.29 bits per heavy atom. The summed E-state index contributed by atoms with van der Waals surface area (Å²) in [5.41, 5.74) is 11.3. The lowest BCUT2D eigenvalue weighted by Gasteiger charge is -2.24. The number of nitrogens with zero attached hydrogens (tertiary/aromatic N) is 1. The molecule has 35 heavy (non-hydrogen) atoms. The summed E-state index contributed by atoms with van der Waals surface area (Å²) < 4.78 is 2.46. The van der Waals surface area contributed by atoms with Crippen LogP contribution in [-0.4, -0.2) is 4.57 Å². The highest BCUT2D eigenvalue weighted by Crippen LogP contribution is 2.53. The molecule has 1 heterocycles. The van der Waals surface area contributed by atoms with Gasteiger partial charge in [-0.1, -0.05) is 86.6 Å². The number of anilines is 2. The molecule has 1 aromatic heterocycles. The first kappa shape index (κ1) is 20.1. The van der Waals surface area contributed by atoms with Crippen molar-refractivity contribution in [1.29, 1.82) is 0 Å². The van der Waals surface area contributed by atoms with Crippen LogP contribution in [0.4, 0.5) is 11.4 Å². The molecule has 0 spiro atoms. The molecule has 0 fully saturated rings. The third-order valence-electron chi connectivity index (χ3n) is 7.52. The van der Waals surface area contributed by atoms with Crippen LogP contribution in [0.1, 0.15) is 25.0 Å². The summed E-state index contributed by atoms with van der Waals surface area (Å²) in [7, 11) is 0. The first-order chi connectivity index (χ1) is 17.1. The Balaban J connectivity index is 1.50. The van der Waals surface area contributed by atoms with Gasteiger partial charge in [-0.2, -0.15) is 0 Å². The highest BCUT2D eigenvalue weighted by molar-refractivity contribution is 6.13. The molecule has 2 nitrogen and oxygen atoms in total. The lowest BCUT2D eigenvalue weighted by atomic mass is 9.81. The number of hydrogen-bond donors (Lipinski definition) is 1. The van der Waals surface area contributed by atoms with E-state index in [4.69, 9.17) is 0 Å². The van der Waals surface area contributed by atoms with Crippen LogP contribution < -0.4 is 5.32 Å². The van der Waals surface area contributed by atoms with Gasteiger partial charge >= 0.3 is 0 Å². The molecule has 2 heteroatoms. The van der Waals surface area contributed by atoms with Crippen molar-refractivity contribution >= 4 is 33.2 Å². The van der Waals surface area contributed by atoms with Crippen molar-refractivity contribution in [2.75, 3.05) is 5.32 Å². The molecule has 1 aliphatic carbocycles. The van der Waals surface area contributed by atoms with Gasteiger partial charge in [-0.25, -0.2) is 0 Å². The maximum absolute atomic E-state index is 3.59. The normalized spacial score (nSPS) is 13.7. The van der Waals surface area contributed by atoms with Crippen molar-refractivity contribution in [1.82, 2.24) is 4.57 Å². The number of aromatic nitrogens is 1. The Morgan fingerprint density at radius 3 is 2.09 bits per heavy atom. The summed E-state index contributed by atoms with van der Waals surface area (Å²) in [4.78, 5) is 0. The van der Waals surface area contributed by atoms with Gasteiger partial charge in [0.15, 0.2) is 0 Å². The SMILES string of the molecule is CC1(C)c2cc(Nc3ccccc3)ccc2-c2ccc3c4ccccc4n(-c4ccccc4)c3c21. The topological polar surface area (TPSA) is 17.0 Å². The van der Waals surface area contributed by atoms with E-state index in [0.29, 0.717) is 0 Å². The first-order valence-corrected chi connectivity index (χ1v) is 12.2. The molecule has 0 amide bonds. The summed E-state index contributed by atoms with van der Waals surface area (Å²) in [5.74, 6) is 0. The van der Waals surface area contributed by atoms with Gasteiger partial charge in [0.25, 0.3) is 0 Å². The fraction of sp³-hybridized carbons (Fsp3) is 0.0909. The van der Waals surface area contributed by atoms with Crippen LogP contribution in [-0.2, 0) is 5.41 Å². The minimum Gasteiger partial charge on any atom is -0.356 e. The Morgan fingerprint density at radius 1 is 0.600 bits per heavy atom. The Hall–Kier alpha value is -4.30. The Kier molecular flexibility index (Phi) is 4.22. The summed E-state index contributed by atoms with van der Waals surface area (Å²) in [6, 6.07) is 41.4. The van der Waals surface area contributed by atoms with Crippen LogP contribution in [0.2, 0.25) is 0 Å². The molecule has 1 N–H and O–H groups in total. The van der Waals surface area contributed by atoms with Gasteiger partial charge in [-0.15, -0.1) is 0 Å². The highest BCUT2D eigenvalue weighted by atomic mass is 15.0. The molecule has 6 aromatic rings. The summed E-state index contributed by atoms with van der Waals surface area (Å²) in [6.45, 7) is 4.74. The second kappa shape index (κ2) is 7.35. The molecule has 0 saturated heterocycles. The lowest BCUT2D eigenvalue weighted by Crippen LogP contribution is -2.16. The average molecular weight is 451 g/mol. The van der Waals surface area contributed by atoms with Crippen molar-refractivity contribution in [3.8, 4) is 16.8 Å². The van der Waals surface area contributed by atoms with Crippen LogP contribution in [0.15, 0.2) is 115 Å². The van der Waals surface area contributed by atoms with Crippen molar-refractivity contribution < 1.29 is 0 Å². The summed E-state index contributed by atoms with van der Waals surface area (Å²) >= 11 is 0. The largest absolute Gasteiger partial charge is 0.356 e. The molecule has 168 valence electrons. The molecule has 0 bridgehead atoms. The Labute approximate surface area is 205 Å². The predicted molar refractivity (Wildman–Crippen MR) is 148 cm³/mol. The van der Waals surface area contributed by atoms with E-state index in [1.54, 1.807) is 0 Å². The maximum atomic E-state index is 3.59. The third kappa shape index (κ3) is 2.90. The summed E-state index contributed by atoms with van der Waals surface area (Å²) in [5, 5.41) is 6.20. The first-order valence-electron chi connectivity index (χ1n) is 12.2. The van der Waals surface area contributed by atoms with Crippen LogP contribution in [0, 0.1) is 0 Å². The number of para-hydroxylation sites is 3. The van der Waals surface area contributed by atoms with Gasteiger partial charge < -0.3 is 9.88 Å². The van der Waals surface area contributed by atoms with Crippen LogP contribution in [0.25, 0.3) is 38.6 Å². The van der Waals surface area contributed by atoms with E-state index in [1.807, 2.05) is 6.07 Å². The van der Waals surface area contributed by atoms with E-state index in [-0.39, 0.29) is 5.41 Å². The van der Waals surface area contributed by atoms with Gasteiger partial charge in [0, 0.05) is 33.2 Å². The number of benzene rings is 5. The highest BCUT2D eigenvalue weighted by Gasteiger charge is 2.38. The standard InChI is InChI=1S/C33H26N2/c1-33(2)29-21-23(34-22-11-5-3-6-12-22)17-18-25(29)27-19-20-28-26-15-9-10-16-30(26)35(32(28)31(27)33)24-13-7-4-8-14-24/h3-21,34H,1-2H3. The number of nitrogens with one attached hydrogen (secondary N) is 1. The van der Waals surface area contributed by atoms with Gasteiger partial charge in [0.05, 0.1) is 11.0 Å². The van der Waals surface area contributed by atoms with Gasteiger partial charge in [-0.05, 0) is 64.7 Å². The van der Waals surface area contributed by atoms with Gasteiger partial charge in [-0.3, -0.25) is 0 Å². The average Bonchev–Trinajstić information content (AvgIpc) is 3.34. The predicted octanol–water partition coefficient (Wildman–Crippen LogP) is 8.83. The molecule has 5 aromatic carbocycles.